The van der Waals surface area contributed by atoms with Crippen LogP contribution in [0.15, 0.2) is 53.6 Å². The number of rotatable bonds is 4. The smallest absolute Gasteiger partial charge is 0.266 e. The van der Waals surface area contributed by atoms with E-state index in [9.17, 15) is 18.4 Å². The van der Waals surface area contributed by atoms with E-state index in [2.05, 4.69) is 10.3 Å². The number of aromatic nitrogens is 2. The molecule has 0 bridgehead atoms. The van der Waals surface area contributed by atoms with Gasteiger partial charge in [-0.2, -0.15) is 0 Å². The van der Waals surface area contributed by atoms with Gasteiger partial charge in [-0.05, 0) is 48.4 Å². The van der Waals surface area contributed by atoms with Crippen molar-refractivity contribution in [3.05, 3.63) is 91.8 Å². The number of hydrogen-bond acceptors (Lipinski definition) is 4. The molecule has 0 aliphatic carbocycles. The lowest BCUT2D eigenvalue weighted by Gasteiger charge is -2.06. The molecule has 0 unspecified atom stereocenters. The quantitative estimate of drug-likeness (QED) is 0.481. The Labute approximate surface area is 178 Å². The van der Waals surface area contributed by atoms with Crippen LogP contribution in [0.1, 0.15) is 20.8 Å². The molecule has 4 aromatic rings. The Morgan fingerprint density at radius 1 is 1.23 bits per heavy atom. The van der Waals surface area contributed by atoms with E-state index in [0.717, 1.165) is 17.4 Å². The van der Waals surface area contributed by atoms with Crippen molar-refractivity contribution in [1.82, 2.24) is 9.55 Å². The zero-order valence-corrected chi connectivity index (χ0v) is 17.2. The molecule has 1 amide bonds. The number of carbonyl (C=O) groups excluding carboxylic acids is 1. The van der Waals surface area contributed by atoms with Crippen LogP contribution in [0, 0.1) is 18.6 Å². The Balaban J connectivity index is 1.68. The van der Waals surface area contributed by atoms with Gasteiger partial charge in [0.1, 0.15) is 16.5 Å². The minimum atomic E-state index is -0.587. The predicted octanol–water partition coefficient (Wildman–Crippen LogP) is 5.00. The van der Waals surface area contributed by atoms with Crippen molar-refractivity contribution in [2.75, 3.05) is 5.32 Å². The average molecular weight is 446 g/mol. The van der Waals surface area contributed by atoms with Crippen molar-refractivity contribution in [3.8, 4) is 0 Å². The molecule has 0 aliphatic heterocycles. The molecule has 2 heterocycles. The lowest BCUT2D eigenvalue weighted by atomic mass is 10.2. The maximum Gasteiger partial charge on any atom is 0.266 e. The van der Waals surface area contributed by atoms with Crippen LogP contribution in [-0.2, 0) is 6.54 Å². The number of carbonyl (C=O) groups is 1. The van der Waals surface area contributed by atoms with Crippen molar-refractivity contribution < 1.29 is 13.6 Å². The van der Waals surface area contributed by atoms with Gasteiger partial charge in [0.05, 0.1) is 28.2 Å². The van der Waals surface area contributed by atoms with Gasteiger partial charge in [-0.1, -0.05) is 23.7 Å². The summed E-state index contributed by atoms with van der Waals surface area (Å²) in [5, 5.41) is 2.88. The summed E-state index contributed by atoms with van der Waals surface area (Å²) in [4.78, 5) is 30.7. The number of nitrogens with one attached hydrogen (secondary N) is 1. The number of thiophene rings is 1. The molecule has 0 saturated carbocycles. The van der Waals surface area contributed by atoms with E-state index in [1.54, 1.807) is 19.1 Å². The topological polar surface area (TPSA) is 64.0 Å². The minimum absolute atomic E-state index is 0.109. The van der Waals surface area contributed by atoms with Crippen LogP contribution in [-0.4, -0.2) is 15.5 Å². The molecule has 0 fully saturated rings. The van der Waals surface area contributed by atoms with Crippen molar-refractivity contribution in [1.29, 1.82) is 0 Å². The summed E-state index contributed by atoms with van der Waals surface area (Å²) in [6, 6.07) is 9.82. The lowest BCUT2D eigenvalue weighted by molar-refractivity contribution is 0.103. The fourth-order valence-electron chi connectivity index (χ4n) is 3.08. The maximum absolute atomic E-state index is 13.4. The SMILES string of the molecule is Cc1c(C(=O)Nc2ccc(F)c(Cl)c2)sc2ncn(Cc3cccc(F)c3)c(=O)c12. The number of nitrogens with zero attached hydrogens (tertiary/aromatic N) is 2. The Morgan fingerprint density at radius 3 is 2.77 bits per heavy atom. The molecule has 152 valence electrons. The second-order valence-electron chi connectivity index (χ2n) is 6.63. The summed E-state index contributed by atoms with van der Waals surface area (Å²) in [5.41, 5.74) is 1.13. The third-order valence-electron chi connectivity index (χ3n) is 4.54. The fraction of sp³-hybridized carbons (Fsp3) is 0.0952. The number of halogens is 3. The highest BCUT2D eigenvalue weighted by molar-refractivity contribution is 7.20. The summed E-state index contributed by atoms with van der Waals surface area (Å²) in [7, 11) is 0. The molecular weight excluding hydrogens is 432 g/mol. The van der Waals surface area contributed by atoms with E-state index < -0.39 is 11.7 Å². The third kappa shape index (κ3) is 3.83. The summed E-state index contributed by atoms with van der Waals surface area (Å²) in [6.45, 7) is 1.82. The van der Waals surface area contributed by atoms with Gasteiger partial charge in [-0.15, -0.1) is 11.3 Å². The first kappa shape index (κ1) is 20.2. The Hall–Kier alpha value is -3.10. The molecule has 0 spiro atoms. The zero-order valence-electron chi connectivity index (χ0n) is 15.6. The molecular formula is C21H14ClF2N3O2S. The molecule has 0 saturated heterocycles. The second-order valence-corrected chi connectivity index (χ2v) is 8.03. The molecule has 0 aliphatic rings. The van der Waals surface area contributed by atoms with E-state index >= 15 is 0 Å². The highest BCUT2D eigenvalue weighted by atomic mass is 35.5. The van der Waals surface area contributed by atoms with Crippen molar-refractivity contribution in [2.24, 2.45) is 0 Å². The van der Waals surface area contributed by atoms with Gasteiger partial charge >= 0.3 is 0 Å². The van der Waals surface area contributed by atoms with Crippen LogP contribution in [0.5, 0.6) is 0 Å². The molecule has 2 aromatic carbocycles. The average Bonchev–Trinajstić information content (AvgIpc) is 3.04. The van der Waals surface area contributed by atoms with Gasteiger partial charge in [0.2, 0.25) is 0 Å². The first-order chi connectivity index (χ1) is 14.3. The fourth-order valence-corrected chi connectivity index (χ4v) is 4.30. The van der Waals surface area contributed by atoms with Crippen LogP contribution < -0.4 is 10.9 Å². The molecule has 0 atom stereocenters. The third-order valence-corrected chi connectivity index (χ3v) is 6.03. The number of amides is 1. The van der Waals surface area contributed by atoms with E-state index in [1.807, 2.05) is 0 Å². The predicted molar refractivity (Wildman–Crippen MR) is 113 cm³/mol. The standard InChI is InChI=1S/C21H14ClF2N3O2S/c1-11-17-20(25-10-27(21(17)29)9-12-3-2-4-13(23)7-12)30-18(11)19(28)26-14-5-6-16(24)15(22)8-14/h2-8,10H,9H2,1H3,(H,26,28). The summed E-state index contributed by atoms with van der Waals surface area (Å²) < 4.78 is 28.1. The normalized spacial score (nSPS) is 11.1. The lowest BCUT2D eigenvalue weighted by Crippen LogP contribution is -2.21. The largest absolute Gasteiger partial charge is 0.321 e. The van der Waals surface area contributed by atoms with Crippen LogP contribution >= 0.6 is 22.9 Å². The van der Waals surface area contributed by atoms with Gasteiger partial charge in [0.25, 0.3) is 11.5 Å². The molecule has 5 nitrogen and oxygen atoms in total. The van der Waals surface area contributed by atoms with E-state index in [-0.39, 0.29) is 22.9 Å². The molecule has 4 rings (SSSR count). The highest BCUT2D eigenvalue weighted by Gasteiger charge is 2.20. The Morgan fingerprint density at radius 2 is 2.03 bits per heavy atom. The van der Waals surface area contributed by atoms with Crippen LogP contribution in [0.2, 0.25) is 5.02 Å². The summed E-state index contributed by atoms with van der Waals surface area (Å²) >= 11 is 6.84. The molecule has 0 radical (unpaired) electrons. The van der Waals surface area contributed by atoms with Crippen LogP contribution in [0.25, 0.3) is 10.2 Å². The molecule has 2 aromatic heterocycles. The number of anilines is 1. The van der Waals surface area contributed by atoms with Crippen molar-refractivity contribution >= 4 is 44.7 Å². The van der Waals surface area contributed by atoms with Gasteiger partial charge < -0.3 is 5.32 Å². The maximum atomic E-state index is 13.4. The molecule has 30 heavy (non-hydrogen) atoms. The van der Waals surface area contributed by atoms with E-state index in [0.29, 0.717) is 31.9 Å². The van der Waals surface area contributed by atoms with Crippen LogP contribution in [0.4, 0.5) is 14.5 Å². The number of hydrogen-bond donors (Lipinski definition) is 1. The van der Waals surface area contributed by atoms with Crippen molar-refractivity contribution in [2.45, 2.75) is 13.5 Å². The molecule has 9 heteroatoms. The summed E-state index contributed by atoms with van der Waals surface area (Å²) in [5.74, 6) is -1.42. The summed E-state index contributed by atoms with van der Waals surface area (Å²) in [6.07, 6.45) is 1.38. The number of fused-ring (bicyclic) bond motifs is 1. The highest BCUT2D eigenvalue weighted by Crippen LogP contribution is 2.28. The van der Waals surface area contributed by atoms with Gasteiger partial charge in [0.15, 0.2) is 0 Å². The van der Waals surface area contributed by atoms with Gasteiger partial charge in [-0.3, -0.25) is 14.2 Å². The first-order valence-electron chi connectivity index (χ1n) is 8.83. The van der Waals surface area contributed by atoms with Crippen molar-refractivity contribution in [3.63, 3.8) is 0 Å². The Bertz CT molecular complexity index is 1350. The second kappa shape index (κ2) is 7.97. The minimum Gasteiger partial charge on any atom is -0.321 e. The monoisotopic (exact) mass is 445 g/mol. The van der Waals surface area contributed by atoms with Crippen LogP contribution in [0.3, 0.4) is 0 Å². The molecule has 1 N–H and O–H groups in total. The Kier molecular flexibility index (Phi) is 5.36. The zero-order chi connectivity index (χ0) is 21.4. The number of benzene rings is 2. The first-order valence-corrected chi connectivity index (χ1v) is 10.0. The number of aryl methyl sites for hydroxylation is 1. The van der Waals surface area contributed by atoms with E-state index in [4.69, 9.17) is 11.6 Å². The van der Waals surface area contributed by atoms with Gasteiger partial charge in [-0.25, -0.2) is 13.8 Å². The van der Waals surface area contributed by atoms with Gasteiger partial charge in [0, 0.05) is 5.69 Å². The van der Waals surface area contributed by atoms with E-state index in [1.165, 1.54) is 35.2 Å².